The number of nitrogens with one attached hydrogen (secondary N) is 1. The summed E-state index contributed by atoms with van der Waals surface area (Å²) < 4.78 is 2.24. The molecule has 3 heterocycles. The van der Waals surface area contributed by atoms with Crippen LogP contribution in [0.5, 0.6) is 0 Å². The summed E-state index contributed by atoms with van der Waals surface area (Å²) in [5.41, 5.74) is 3.66. The molecule has 0 aliphatic carbocycles. The molecule has 0 radical (unpaired) electrons. The van der Waals surface area contributed by atoms with Gasteiger partial charge in [-0.05, 0) is 25.5 Å². The summed E-state index contributed by atoms with van der Waals surface area (Å²) in [7, 11) is 0. The summed E-state index contributed by atoms with van der Waals surface area (Å²) in [4.78, 5) is 9.04. The average Bonchev–Trinajstić information content (AvgIpc) is 2.85. The Labute approximate surface area is 113 Å². The zero-order valence-electron chi connectivity index (χ0n) is 11.6. The van der Waals surface area contributed by atoms with E-state index in [2.05, 4.69) is 39.8 Å². The lowest BCUT2D eigenvalue weighted by Crippen LogP contribution is -2.45. The van der Waals surface area contributed by atoms with E-state index in [0.717, 1.165) is 31.6 Å². The van der Waals surface area contributed by atoms with Gasteiger partial charge >= 0.3 is 0 Å². The molecule has 100 valence electrons. The molecule has 0 aromatic carbocycles. The third kappa shape index (κ3) is 2.16. The maximum Gasteiger partial charge on any atom is 0.0956 e. The van der Waals surface area contributed by atoms with Crippen LogP contribution in [-0.4, -0.2) is 21.1 Å². The fourth-order valence-corrected chi connectivity index (χ4v) is 2.77. The van der Waals surface area contributed by atoms with E-state index in [1.54, 1.807) is 0 Å². The van der Waals surface area contributed by atoms with E-state index in [1.807, 2.05) is 24.7 Å². The molecule has 1 aliphatic rings. The van der Waals surface area contributed by atoms with Crippen LogP contribution in [0.4, 0.5) is 0 Å². The van der Waals surface area contributed by atoms with E-state index >= 15 is 0 Å². The van der Waals surface area contributed by atoms with Gasteiger partial charge in [-0.1, -0.05) is 13.0 Å². The van der Waals surface area contributed by atoms with E-state index in [-0.39, 0.29) is 5.54 Å². The SMILES string of the molecule is CCC1(C)NCCc2c1ncn2Cc1ccccn1. The van der Waals surface area contributed by atoms with Crippen LogP contribution in [0.2, 0.25) is 0 Å². The zero-order valence-corrected chi connectivity index (χ0v) is 11.6. The lowest BCUT2D eigenvalue weighted by Gasteiger charge is -2.33. The molecule has 0 saturated heterocycles. The summed E-state index contributed by atoms with van der Waals surface area (Å²) in [5.74, 6) is 0. The molecule has 1 unspecified atom stereocenters. The van der Waals surface area contributed by atoms with Gasteiger partial charge < -0.3 is 9.88 Å². The molecule has 1 aliphatic heterocycles. The smallest absolute Gasteiger partial charge is 0.0956 e. The number of hydrogen-bond donors (Lipinski definition) is 1. The van der Waals surface area contributed by atoms with Crippen molar-refractivity contribution >= 4 is 0 Å². The predicted octanol–water partition coefficient (Wildman–Crippen LogP) is 2.10. The Kier molecular flexibility index (Phi) is 3.11. The van der Waals surface area contributed by atoms with Crippen LogP contribution >= 0.6 is 0 Å². The van der Waals surface area contributed by atoms with Gasteiger partial charge in [0.05, 0.1) is 29.8 Å². The van der Waals surface area contributed by atoms with Crippen molar-refractivity contribution in [3.8, 4) is 0 Å². The highest BCUT2D eigenvalue weighted by Crippen LogP contribution is 2.30. The first-order valence-electron chi connectivity index (χ1n) is 6.92. The number of hydrogen-bond acceptors (Lipinski definition) is 3. The van der Waals surface area contributed by atoms with Crippen molar-refractivity contribution in [2.24, 2.45) is 0 Å². The van der Waals surface area contributed by atoms with Gasteiger partial charge in [0.25, 0.3) is 0 Å². The number of pyridine rings is 1. The number of fused-ring (bicyclic) bond motifs is 1. The van der Waals surface area contributed by atoms with E-state index in [1.165, 1.54) is 11.4 Å². The second-order valence-corrected chi connectivity index (χ2v) is 5.35. The van der Waals surface area contributed by atoms with Crippen LogP contribution in [0.1, 0.15) is 37.4 Å². The van der Waals surface area contributed by atoms with Crippen LogP contribution in [0, 0.1) is 0 Å². The Morgan fingerprint density at radius 3 is 3.00 bits per heavy atom. The summed E-state index contributed by atoms with van der Waals surface area (Å²) in [5, 5.41) is 3.59. The molecule has 4 heteroatoms. The number of aromatic nitrogens is 3. The molecule has 0 spiro atoms. The van der Waals surface area contributed by atoms with Gasteiger partial charge in [-0.25, -0.2) is 4.98 Å². The first-order valence-corrected chi connectivity index (χ1v) is 6.92. The Morgan fingerprint density at radius 2 is 2.26 bits per heavy atom. The van der Waals surface area contributed by atoms with Crippen molar-refractivity contribution in [3.05, 3.63) is 47.8 Å². The minimum Gasteiger partial charge on any atom is -0.328 e. The second-order valence-electron chi connectivity index (χ2n) is 5.35. The second kappa shape index (κ2) is 4.78. The number of rotatable bonds is 3. The summed E-state index contributed by atoms with van der Waals surface area (Å²) in [6, 6.07) is 6.04. The van der Waals surface area contributed by atoms with Crippen LogP contribution in [-0.2, 0) is 18.5 Å². The largest absolute Gasteiger partial charge is 0.328 e. The molecule has 0 bridgehead atoms. The maximum absolute atomic E-state index is 4.65. The lowest BCUT2D eigenvalue weighted by molar-refractivity contribution is 0.323. The Morgan fingerprint density at radius 1 is 1.37 bits per heavy atom. The fraction of sp³-hybridized carbons (Fsp3) is 0.467. The average molecular weight is 256 g/mol. The summed E-state index contributed by atoms with van der Waals surface area (Å²) >= 11 is 0. The molecule has 0 fully saturated rings. The first-order chi connectivity index (χ1) is 9.23. The van der Waals surface area contributed by atoms with Gasteiger partial charge in [-0.15, -0.1) is 0 Å². The van der Waals surface area contributed by atoms with E-state index < -0.39 is 0 Å². The third-order valence-corrected chi connectivity index (χ3v) is 4.11. The summed E-state index contributed by atoms with van der Waals surface area (Å²) in [6.45, 7) is 6.27. The van der Waals surface area contributed by atoms with Gasteiger partial charge in [0.15, 0.2) is 0 Å². The van der Waals surface area contributed by atoms with Gasteiger partial charge in [-0.3, -0.25) is 4.98 Å². The van der Waals surface area contributed by atoms with Crippen molar-refractivity contribution in [2.75, 3.05) is 6.54 Å². The Balaban J connectivity index is 1.93. The number of imidazole rings is 1. The first kappa shape index (κ1) is 12.4. The Hall–Kier alpha value is -1.68. The number of nitrogens with zero attached hydrogens (tertiary/aromatic N) is 3. The van der Waals surface area contributed by atoms with E-state index in [4.69, 9.17) is 0 Å². The highest BCUT2D eigenvalue weighted by atomic mass is 15.1. The minimum atomic E-state index is 0.0168. The van der Waals surface area contributed by atoms with Crippen molar-refractivity contribution in [2.45, 2.75) is 38.8 Å². The molecule has 1 atom stereocenters. The van der Waals surface area contributed by atoms with Crippen molar-refractivity contribution in [1.82, 2.24) is 19.9 Å². The van der Waals surface area contributed by atoms with Crippen LogP contribution < -0.4 is 5.32 Å². The van der Waals surface area contributed by atoms with Gasteiger partial charge in [0.1, 0.15) is 0 Å². The predicted molar refractivity (Wildman–Crippen MR) is 74.9 cm³/mol. The zero-order chi connectivity index (χ0) is 13.3. The normalized spacial score (nSPS) is 22.2. The van der Waals surface area contributed by atoms with Crippen LogP contribution in [0.3, 0.4) is 0 Å². The maximum atomic E-state index is 4.65. The third-order valence-electron chi connectivity index (χ3n) is 4.11. The minimum absolute atomic E-state index is 0.0168. The summed E-state index contributed by atoms with van der Waals surface area (Å²) in [6.07, 6.45) is 5.90. The van der Waals surface area contributed by atoms with Crippen molar-refractivity contribution < 1.29 is 0 Å². The molecule has 0 saturated carbocycles. The van der Waals surface area contributed by atoms with Gasteiger partial charge in [-0.2, -0.15) is 0 Å². The monoisotopic (exact) mass is 256 g/mol. The molecule has 19 heavy (non-hydrogen) atoms. The van der Waals surface area contributed by atoms with Crippen molar-refractivity contribution in [1.29, 1.82) is 0 Å². The van der Waals surface area contributed by atoms with E-state index in [0.29, 0.717) is 0 Å². The van der Waals surface area contributed by atoms with Crippen LogP contribution in [0.25, 0.3) is 0 Å². The molecule has 0 amide bonds. The van der Waals surface area contributed by atoms with Gasteiger partial charge in [0, 0.05) is 24.9 Å². The highest BCUT2D eigenvalue weighted by Gasteiger charge is 2.33. The highest BCUT2D eigenvalue weighted by molar-refractivity contribution is 5.26. The van der Waals surface area contributed by atoms with E-state index in [9.17, 15) is 0 Å². The quantitative estimate of drug-likeness (QED) is 0.914. The van der Waals surface area contributed by atoms with Crippen LogP contribution in [0.15, 0.2) is 30.7 Å². The lowest BCUT2D eigenvalue weighted by atomic mass is 9.89. The molecular formula is C15H20N4. The molecular weight excluding hydrogens is 236 g/mol. The topological polar surface area (TPSA) is 42.7 Å². The van der Waals surface area contributed by atoms with Gasteiger partial charge in [0.2, 0.25) is 0 Å². The Bertz CT molecular complexity index is 561. The molecule has 2 aromatic heterocycles. The van der Waals surface area contributed by atoms with Crippen molar-refractivity contribution in [3.63, 3.8) is 0 Å². The molecule has 3 rings (SSSR count). The fourth-order valence-electron chi connectivity index (χ4n) is 2.77. The standard InChI is InChI=1S/C15H20N4/c1-3-15(2)14-13(7-9-18-15)19(11-17-14)10-12-6-4-5-8-16-12/h4-6,8,11,18H,3,7,9-10H2,1-2H3. The molecule has 1 N–H and O–H groups in total. The molecule has 4 nitrogen and oxygen atoms in total. The molecule has 2 aromatic rings.